The fourth-order valence-electron chi connectivity index (χ4n) is 6.74. The monoisotopic (exact) mass is 564 g/mol. The van der Waals surface area contributed by atoms with Gasteiger partial charge in [-0.15, -0.1) is 0 Å². The van der Waals surface area contributed by atoms with Gasteiger partial charge in [0.1, 0.15) is 9.79 Å². The highest BCUT2D eigenvalue weighted by Gasteiger charge is 2.36. The summed E-state index contributed by atoms with van der Waals surface area (Å²) in [5, 5.41) is 2.54. The third-order valence-electron chi connectivity index (χ3n) is 8.49. The van der Waals surface area contributed by atoms with Crippen molar-refractivity contribution in [1.29, 1.82) is 0 Å². The van der Waals surface area contributed by atoms with Crippen LogP contribution in [0.5, 0.6) is 5.75 Å². The van der Waals surface area contributed by atoms with E-state index in [2.05, 4.69) is 6.07 Å². The average Bonchev–Trinajstić information content (AvgIpc) is 3.63. The Morgan fingerprint density at radius 1 is 0.744 bits per heavy atom. The van der Waals surface area contributed by atoms with E-state index < -0.39 is 20.2 Å². The van der Waals surface area contributed by atoms with E-state index in [4.69, 9.17) is 4.18 Å². The molecule has 0 heterocycles. The van der Waals surface area contributed by atoms with Crippen LogP contribution >= 0.6 is 0 Å². The predicted octanol–water partition coefficient (Wildman–Crippen LogP) is 7.63. The Balaban J connectivity index is 1.61. The quantitative estimate of drug-likeness (QED) is 0.191. The van der Waals surface area contributed by atoms with Crippen LogP contribution in [0.2, 0.25) is 0 Å². The van der Waals surface area contributed by atoms with Gasteiger partial charge < -0.3 is 4.18 Å². The maximum Gasteiger partial charge on any atom is 0.339 e. The van der Waals surface area contributed by atoms with Gasteiger partial charge in [0.2, 0.25) is 0 Å². The summed E-state index contributed by atoms with van der Waals surface area (Å²) < 4.78 is 69.1. The number of hydrogen-bond donors (Lipinski definition) is 1. The zero-order chi connectivity index (χ0) is 27.4. The lowest BCUT2D eigenvalue weighted by molar-refractivity contribution is 0.481. The summed E-state index contributed by atoms with van der Waals surface area (Å²) in [6.07, 6.45) is 8.01. The summed E-state index contributed by atoms with van der Waals surface area (Å²) in [5.41, 5.74) is 2.02. The summed E-state index contributed by atoms with van der Waals surface area (Å²) in [6.45, 7) is 1.60. The first-order valence-electron chi connectivity index (χ1n) is 13.6. The fourth-order valence-corrected chi connectivity index (χ4v) is 9.11. The first-order chi connectivity index (χ1) is 18.6. The van der Waals surface area contributed by atoms with Gasteiger partial charge in [-0.05, 0) is 84.0 Å². The molecule has 6 rings (SSSR count). The predicted molar refractivity (Wildman–Crippen MR) is 153 cm³/mol. The summed E-state index contributed by atoms with van der Waals surface area (Å²) >= 11 is 0. The van der Waals surface area contributed by atoms with E-state index in [-0.39, 0.29) is 27.9 Å². The molecule has 0 saturated heterocycles. The molecule has 0 unspecified atom stereocenters. The van der Waals surface area contributed by atoms with E-state index in [1.807, 2.05) is 24.3 Å². The molecule has 2 fully saturated rings. The van der Waals surface area contributed by atoms with Crippen LogP contribution in [0, 0.1) is 6.92 Å². The Bertz CT molecular complexity index is 1800. The molecule has 0 amide bonds. The minimum atomic E-state index is -4.53. The number of fused-ring (bicyclic) bond motifs is 2. The van der Waals surface area contributed by atoms with Gasteiger partial charge in [-0.25, -0.2) is 0 Å². The third-order valence-corrected chi connectivity index (χ3v) is 10.7. The van der Waals surface area contributed by atoms with Crippen molar-refractivity contribution in [3.8, 4) is 5.75 Å². The summed E-state index contributed by atoms with van der Waals surface area (Å²) in [6, 6.07) is 17.9. The lowest BCUT2D eigenvalue weighted by atomic mass is 9.86. The fraction of sp³-hybridized carbons (Fsp3) is 0.355. The van der Waals surface area contributed by atoms with E-state index in [0.717, 1.165) is 73.3 Å². The van der Waals surface area contributed by atoms with Crippen molar-refractivity contribution in [1.82, 2.24) is 0 Å². The van der Waals surface area contributed by atoms with E-state index in [0.29, 0.717) is 15.8 Å². The lowest BCUT2D eigenvalue weighted by Gasteiger charge is -2.25. The van der Waals surface area contributed by atoms with Gasteiger partial charge in [0.25, 0.3) is 10.1 Å². The van der Waals surface area contributed by atoms with E-state index in [9.17, 15) is 21.4 Å². The lowest BCUT2D eigenvalue weighted by Crippen LogP contribution is -2.18. The second-order valence-corrected chi connectivity index (χ2v) is 13.8. The second-order valence-electron chi connectivity index (χ2n) is 11.0. The highest BCUT2D eigenvalue weighted by atomic mass is 32.2. The van der Waals surface area contributed by atoms with Crippen LogP contribution in [0.4, 0.5) is 0 Å². The number of hydrogen-bond acceptors (Lipinski definition) is 5. The average molecular weight is 565 g/mol. The zero-order valence-electron chi connectivity index (χ0n) is 21.9. The molecule has 4 aromatic rings. The maximum absolute atomic E-state index is 14.5. The van der Waals surface area contributed by atoms with Gasteiger partial charge >= 0.3 is 10.1 Å². The maximum atomic E-state index is 14.5. The summed E-state index contributed by atoms with van der Waals surface area (Å²) in [5.74, 6) is 0.355. The smallest absolute Gasteiger partial charge is 0.339 e. The highest BCUT2D eigenvalue weighted by molar-refractivity contribution is 7.87. The van der Waals surface area contributed by atoms with Crippen molar-refractivity contribution in [2.24, 2.45) is 0 Å². The van der Waals surface area contributed by atoms with Crippen LogP contribution in [-0.4, -0.2) is 21.4 Å². The largest absolute Gasteiger partial charge is 0.378 e. The van der Waals surface area contributed by atoms with Gasteiger partial charge in [-0.1, -0.05) is 74.2 Å². The number of aryl methyl sites for hydroxylation is 1. The van der Waals surface area contributed by atoms with Crippen molar-refractivity contribution >= 4 is 41.8 Å². The molecule has 6 nitrogen and oxygen atoms in total. The molecule has 0 aliphatic heterocycles. The standard InChI is InChI=1S/C31H32O6S2/c1-20-18-28(38(32,33)34)25-16-8-9-17-26(25)30(20)37-39(35,36)31-27(21-10-2-3-11-21)19-23-14-6-7-15-24(23)29(31)22-12-4-5-13-22/h6-9,14-19,21-22H,2-5,10-13H2,1H3,(H,32,33,34). The van der Waals surface area contributed by atoms with Crippen LogP contribution in [-0.2, 0) is 20.2 Å². The normalized spacial score (nSPS) is 17.4. The summed E-state index contributed by atoms with van der Waals surface area (Å²) in [7, 11) is -8.84. The van der Waals surface area contributed by atoms with Crippen LogP contribution in [0.3, 0.4) is 0 Å². The molecular formula is C31H32O6S2. The molecule has 0 atom stereocenters. The Labute approximate surface area is 229 Å². The second kappa shape index (κ2) is 9.91. The van der Waals surface area contributed by atoms with Gasteiger partial charge in [-0.3, -0.25) is 4.55 Å². The van der Waals surface area contributed by atoms with Crippen LogP contribution in [0.25, 0.3) is 21.5 Å². The zero-order valence-corrected chi connectivity index (χ0v) is 23.5. The van der Waals surface area contributed by atoms with Gasteiger partial charge in [0.05, 0.1) is 0 Å². The molecule has 2 saturated carbocycles. The summed E-state index contributed by atoms with van der Waals surface area (Å²) in [4.78, 5) is 0.0201. The molecular weight excluding hydrogens is 532 g/mol. The minimum Gasteiger partial charge on any atom is -0.378 e. The first-order valence-corrected chi connectivity index (χ1v) is 16.5. The molecule has 2 aliphatic rings. The molecule has 0 aromatic heterocycles. The van der Waals surface area contributed by atoms with Crippen molar-refractivity contribution in [2.75, 3.05) is 0 Å². The Morgan fingerprint density at radius 3 is 1.95 bits per heavy atom. The molecule has 0 radical (unpaired) electrons. The van der Waals surface area contributed by atoms with E-state index in [1.54, 1.807) is 31.2 Å². The number of benzene rings is 4. The van der Waals surface area contributed by atoms with Crippen LogP contribution in [0.15, 0.2) is 70.5 Å². The molecule has 204 valence electrons. The Kier molecular flexibility index (Phi) is 6.68. The first kappa shape index (κ1) is 26.3. The SMILES string of the molecule is Cc1cc(S(=O)(=O)O)c2ccccc2c1OS(=O)(=O)c1c(C2CCCC2)cc2ccccc2c1C1CCCC1. The van der Waals surface area contributed by atoms with Crippen molar-refractivity contribution in [2.45, 2.75) is 79.9 Å². The highest BCUT2D eigenvalue weighted by Crippen LogP contribution is 2.48. The van der Waals surface area contributed by atoms with Crippen molar-refractivity contribution in [3.63, 3.8) is 0 Å². The Morgan fingerprint density at radius 2 is 1.31 bits per heavy atom. The molecule has 0 spiro atoms. The van der Waals surface area contributed by atoms with E-state index >= 15 is 0 Å². The van der Waals surface area contributed by atoms with Gasteiger partial charge in [0, 0.05) is 10.8 Å². The molecule has 8 heteroatoms. The Hall–Kier alpha value is -2.94. The third kappa shape index (κ3) is 4.72. The van der Waals surface area contributed by atoms with Gasteiger partial charge in [0.15, 0.2) is 5.75 Å². The molecule has 2 aliphatic carbocycles. The minimum absolute atomic E-state index is 0.0842. The number of rotatable bonds is 6. The molecule has 0 bridgehead atoms. The van der Waals surface area contributed by atoms with Gasteiger partial charge in [-0.2, -0.15) is 16.8 Å². The molecule has 1 N–H and O–H groups in total. The van der Waals surface area contributed by atoms with Crippen molar-refractivity contribution in [3.05, 3.63) is 77.4 Å². The van der Waals surface area contributed by atoms with Crippen molar-refractivity contribution < 1.29 is 25.6 Å². The molecule has 4 aromatic carbocycles. The van der Waals surface area contributed by atoms with E-state index in [1.165, 1.54) is 6.07 Å². The molecule has 39 heavy (non-hydrogen) atoms. The topological polar surface area (TPSA) is 97.7 Å². The van der Waals surface area contributed by atoms with Crippen LogP contribution < -0.4 is 4.18 Å². The van der Waals surface area contributed by atoms with Crippen LogP contribution in [0.1, 0.15) is 79.9 Å².